The van der Waals surface area contributed by atoms with Crippen molar-refractivity contribution in [3.8, 4) is 0 Å². The van der Waals surface area contributed by atoms with Gasteiger partial charge in [0.05, 0.1) is 5.75 Å². The van der Waals surface area contributed by atoms with Crippen molar-refractivity contribution < 1.29 is 12.3 Å². The largest absolute Gasteiger partial charge is 0.302 e. The van der Waals surface area contributed by atoms with Crippen molar-refractivity contribution in [3.05, 3.63) is 0 Å². The van der Waals surface area contributed by atoms with Gasteiger partial charge in [-0.1, -0.05) is 84.0 Å². The van der Waals surface area contributed by atoms with Gasteiger partial charge in [-0.05, 0) is 6.42 Å². The number of halogens is 1. The van der Waals surface area contributed by atoms with E-state index < -0.39 is 10.2 Å². The average molecular weight is 294 g/mol. The predicted octanol–water partition coefficient (Wildman–Crippen LogP) is 5.38. The summed E-state index contributed by atoms with van der Waals surface area (Å²) < 4.78 is 32.7. The van der Waals surface area contributed by atoms with Crippen LogP contribution in [0.15, 0.2) is 0 Å². The summed E-state index contributed by atoms with van der Waals surface area (Å²) >= 11 is 0. The molecule has 116 valence electrons. The summed E-state index contributed by atoms with van der Waals surface area (Å²) in [6.07, 6.45) is 15.5. The summed E-state index contributed by atoms with van der Waals surface area (Å²) in [7, 11) is -4.24. The van der Waals surface area contributed by atoms with Crippen LogP contribution in [0, 0.1) is 0 Å². The second-order valence-electron chi connectivity index (χ2n) is 5.49. The third-order valence-corrected chi connectivity index (χ3v) is 4.27. The van der Waals surface area contributed by atoms with Gasteiger partial charge in [0.25, 0.3) is 0 Å². The van der Waals surface area contributed by atoms with Crippen LogP contribution in [0.25, 0.3) is 0 Å². The maximum atomic E-state index is 12.2. The van der Waals surface area contributed by atoms with Crippen LogP contribution in [-0.4, -0.2) is 14.2 Å². The molecule has 0 heterocycles. The SMILES string of the molecule is CCCCCCCCCCCCCCCS(=O)(=O)F. The zero-order valence-electron chi connectivity index (χ0n) is 12.5. The van der Waals surface area contributed by atoms with Crippen molar-refractivity contribution in [1.29, 1.82) is 0 Å². The van der Waals surface area contributed by atoms with Gasteiger partial charge in [0.2, 0.25) is 0 Å². The summed E-state index contributed by atoms with van der Waals surface area (Å²) in [4.78, 5) is 0. The van der Waals surface area contributed by atoms with Gasteiger partial charge in [-0.3, -0.25) is 0 Å². The Hall–Kier alpha value is -0.120. The highest BCUT2D eigenvalue weighted by Crippen LogP contribution is 2.12. The summed E-state index contributed by atoms with van der Waals surface area (Å²) in [5, 5.41) is 0. The van der Waals surface area contributed by atoms with E-state index in [1.165, 1.54) is 57.8 Å². The lowest BCUT2D eigenvalue weighted by atomic mass is 10.1. The van der Waals surface area contributed by atoms with Crippen molar-refractivity contribution in [3.63, 3.8) is 0 Å². The fourth-order valence-electron chi connectivity index (χ4n) is 2.29. The molecule has 0 fully saturated rings. The highest BCUT2D eigenvalue weighted by Gasteiger charge is 2.05. The van der Waals surface area contributed by atoms with Gasteiger partial charge >= 0.3 is 10.2 Å². The minimum absolute atomic E-state index is 0.301. The van der Waals surface area contributed by atoms with Crippen molar-refractivity contribution in [2.24, 2.45) is 0 Å². The van der Waals surface area contributed by atoms with Crippen LogP contribution in [-0.2, 0) is 10.2 Å². The van der Waals surface area contributed by atoms with Crippen LogP contribution in [0.3, 0.4) is 0 Å². The number of hydrogen-bond donors (Lipinski definition) is 0. The Labute approximate surface area is 119 Å². The Morgan fingerprint density at radius 2 is 0.947 bits per heavy atom. The van der Waals surface area contributed by atoms with Crippen molar-refractivity contribution in [1.82, 2.24) is 0 Å². The fourth-order valence-corrected chi connectivity index (χ4v) is 2.84. The number of hydrogen-bond acceptors (Lipinski definition) is 2. The molecule has 0 aromatic carbocycles. The second kappa shape index (κ2) is 12.9. The van der Waals surface area contributed by atoms with E-state index >= 15 is 0 Å². The predicted molar refractivity (Wildman–Crippen MR) is 80.6 cm³/mol. The fraction of sp³-hybridized carbons (Fsp3) is 1.00. The Balaban J connectivity index is 3.03. The van der Waals surface area contributed by atoms with Gasteiger partial charge in [-0.25, -0.2) is 0 Å². The topological polar surface area (TPSA) is 34.1 Å². The van der Waals surface area contributed by atoms with Crippen LogP contribution in [0.1, 0.15) is 90.4 Å². The molecule has 0 aromatic heterocycles. The Morgan fingerprint density at radius 1 is 0.632 bits per heavy atom. The maximum Gasteiger partial charge on any atom is 0.302 e. The molecule has 0 saturated carbocycles. The third-order valence-electron chi connectivity index (χ3n) is 3.49. The molecule has 0 bridgehead atoms. The van der Waals surface area contributed by atoms with Gasteiger partial charge in [0.1, 0.15) is 0 Å². The zero-order chi connectivity index (χ0) is 14.4. The molecular weight excluding hydrogens is 263 g/mol. The normalized spacial score (nSPS) is 11.9. The smallest absolute Gasteiger partial charge is 0.195 e. The highest BCUT2D eigenvalue weighted by atomic mass is 32.3. The van der Waals surface area contributed by atoms with Gasteiger partial charge < -0.3 is 0 Å². The molecule has 0 rings (SSSR count). The summed E-state index contributed by atoms with van der Waals surface area (Å²) in [6, 6.07) is 0. The summed E-state index contributed by atoms with van der Waals surface area (Å²) in [6.45, 7) is 2.24. The van der Waals surface area contributed by atoms with Crippen LogP contribution >= 0.6 is 0 Å². The van der Waals surface area contributed by atoms with E-state index in [0.717, 1.165) is 19.3 Å². The van der Waals surface area contributed by atoms with E-state index in [9.17, 15) is 12.3 Å². The molecule has 0 aliphatic heterocycles. The second-order valence-corrected chi connectivity index (χ2v) is 6.97. The highest BCUT2D eigenvalue weighted by molar-refractivity contribution is 7.86. The lowest BCUT2D eigenvalue weighted by Crippen LogP contribution is -1.97. The maximum absolute atomic E-state index is 12.2. The molecule has 0 saturated heterocycles. The standard InChI is InChI=1S/C15H31FO2S/c1-2-3-4-5-6-7-8-9-10-11-12-13-14-15-19(16,17)18/h2-15H2,1H3. The molecule has 19 heavy (non-hydrogen) atoms. The van der Waals surface area contributed by atoms with Crippen molar-refractivity contribution in [2.45, 2.75) is 90.4 Å². The molecule has 0 unspecified atom stereocenters. The molecule has 2 nitrogen and oxygen atoms in total. The van der Waals surface area contributed by atoms with Gasteiger partial charge in [0.15, 0.2) is 0 Å². The molecule has 0 aromatic rings. The first kappa shape index (κ1) is 18.9. The van der Waals surface area contributed by atoms with Crippen LogP contribution in [0.2, 0.25) is 0 Å². The summed E-state index contributed by atoms with van der Waals surface area (Å²) in [5.41, 5.74) is 0. The van der Waals surface area contributed by atoms with Crippen LogP contribution in [0.4, 0.5) is 3.89 Å². The molecule has 0 aliphatic rings. The van der Waals surface area contributed by atoms with Crippen LogP contribution < -0.4 is 0 Å². The Kier molecular flexibility index (Phi) is 12.8. The first-order valence-corrected chi connectivity index (χ1v) is 9.54. The van der Waals surface area contributed by atoms with E-state index in [2.05, 4.69) is 6.92 Å². The lowest BCUT2D eigenvalue weighted by molar-refractivity contribution is 0.533. The van der Waals surface area contributed by atoms with E-state index in [-0.39, 0.29) is 5.75 Å². The summed E-state index contributed by atoms with van der Waals surface area (Å²) in [5.74, 6) is -0.301. The quantitative estimate of drug-likeness (QED) is 0.318. The van der Waals surface area contributed by atoms with E-state index in [0.29, 0.717) is 6.42 Å². The Morgan fingerprint density at radius 3 is 1.26 bits per heavy atom. The first-order valence-electron chi connectivity index (χ1n) is 7.98. The van der Waals surface area contributed by atoms with Gasteiger partial charge in [-0.15, -0.1) is 3.89 Å². The first-order chi connectivity index (χ1) is 9.06. The Bertz CT molecular complexity index is 276. The van der Waals surface area contributed by atoms with Crippen molar-refractivity contribution >= 4 is 10.2 Å². The molecular formula is C15H31FO2S. The van der Waals surface area contributed by atoms with E-state index in [1.54, 1.807) is 0 Å². The average Bonchev–Trinajstić information content (AvgIpc) is 2.34. The molecule has 0 atom stereocenters. The minimum atomic E-state index is -4.24. The van der Waals surface area contributed by atoms with Crippen molar-refractivity contribution in [2.75, 3.05) is 5.75 Å². The number of unbranched alkanes of at least 4 members (excludes halogenated alkanes) is 12. The van der Waals surface area contributed by atoms with E-state index in [4.69, 9.17) is 0 Å². The molecule has 0 spiro atoms. The van der Waals surface area contributed by atoms with Gasteiger partial charge in [0, 0.05) is 0 Å². The number of rotatable bonds is 14. The molecule has 4 heteroatoms. The molecule has 0 N–H and O–H groups in total. The third kappa shape index (κ3) is 17.9. The van der Waals surface area contributed by atoms with Gasteiger partial charge in [-0.2, -0.15) is 8.42 Å². The molecule has 0 radical (unpaired) electrons. The lowest BCUT2D eigenvalue weighted by Gasteiger charge is -2.02. The van der Waals surface area contributed by atoms with E-state index in [1.807, 2.05) is 0 Å². The zero-order valence-corrected chi connectivity index (χ0v) is 13.3. The monoisotopic (exact) mass is 294 g/mol. The molecule has 0 amide bonds. The molecule has 0 aliphatic carbocycles. The minimum Gasteiger partial charge on any atom is -0.195 e. The van der Waals surface area contributed by atoms with Crippen LogP contribution in [0.5, 0.6) is 0 Å².